The third-order valence-corrected chi connectivity index (χ3v) is 8.33. The number of benzene rings is 3. The highest BCUT2D eigenvalue weighted by molar-refractivity contribution is 8.09. The molecule has 5 rings (SSSR count). The number of halogens is 2. The van der Waals surface area contributed by atoms with Crippen LogP contribution in [0.4, 0.5) is 0 Å². The molecule has 2 unspecified atom stereocenters. The third-order valence-electron chi connectivity index (χ3n) is 6.38. The van der Waals surface area contributed by atoms with Gasteiger partial charge < -0.3 is 16.3 Å². The maximum atomic E-state index is 10.3. The van der Waals surface area contributed by atoms with Crippen LogP contribution in [0.1, 0.15) is 11.1 Å². The highest BCUT2D eigenvalue weighted by atomic mass is 35.5. The highest BCUT2D eigenvalue weighted by Crippen LogP contribution is 2.36. The standard InChI is InChI=1S/C26H25Cl2N5OS/c1-33-14-30-12-21(33)25-26(32-29)31-20-10-7-17(13-34)22(15-5-8-18(27)9-6-15)23(20)24(35-25)16-3-2-4-19(28)11-16/h2-11,21,25,30,34H,12-14,29H2,1H3. The maximum absolute atomic E-state index is 10.3. The largest absolute Gasteiger partial charge is 0.392 e. The van der Waals surface area contributed by atoms with Gasteiger partial charge in [-0.3, -0.25) is 4.90 Å². The number of hydrazone groups is 1. The average molecular weight is 526 g/mol. The lowest BCUT2D eigenvalue weighted by atomic mass is 9.96. The van der Waals surface area contributed by atoms with E-state index < -0.39 is 0 Å². The fourth-order valence-corrected chi connectivity index (χ4v) is 6.49. The van der Waals surface area contributed by atoms with Crippen LogP contribution in [0.25, 0.3) is 16.0 Å². The molecular weight excluding hydrogens is 501 g/mol. The Morgan fingerprint density at radius 1 is 1.11 bits per heavy atom. The predicted octanol–water partition coefficient (Wildman–Crippen LogP) is 3.18. The number of likely N-dealkylation sites (N-methyl/N-ethyl adjacent to an activating group) is 1. The number of aliphatic hydroxyl groups is 1. The summed E-state index contributed by atoms with van der Waals surface area (Å²) in [6, 6.07) is 19.4. The predicted molar refractivity (Wildman–Crippen MR) is 145 cm³/mol. The quantitative estimate of drug-likeness (QED) is 0.359. The molecule has 4 N–H and O–H groups in total. The number of thioether (sulfide) groups is 1. The monoisotopic (exact) mass is 525 g/mol. The second-order valence-corrected chi connectivity index (χ2v) is 10.6. The molecule has 180 valence electrons. The molecule has 2 aliphatic heterocycles. The van der Waals surface area contributed by atoms with Crippen LogP contribution in [0.2, 0.25) is 10.0 Å². The normalized spacial score (nSPS) is 21.6. The molecule has 3 aromatic rings. The minimum atomic E-state index is -0.116. The van der Waals surface area contributed by atoms with E-state index in [4.69, 9.17) is 34.0 Å². The van der Waals surface area contributed by atoms with Gasteiger partial charge >= 0.3 is 0 Å². The van der Waals surface area contributed by atoms with Crippen LogP contribution in [-0.4, -0.2) is 47.4 Å². The lowest BCUT2D eigenvalue weighted by Crippen LogP contribution is -2.41. The zero-order valence-electron chi connectivity index (χ0n) is 19.1. The number of nitrogens with one attached hydrogen (secondary N) is 1. The van der Waals surface area contributed by atoms with Gasteiger partial charge in [0.05, 0.1) is 17.2 Å². The summed E-state index contributed by atoms with van der Waals surface area (Å²) in [7, 11) is 2.08. The van der Waals surface area contributed by atoms with E-state index in [1.165, 1.54) is 0 Å². The smallest absolute Gasteiger partial charge is 0.163 e. The van der Waals surface area contributed by atoms with Gasteiger partial charge in [-0.25, -0.2) is 4.99 Å². The topological polar surface area (TPSA) is 86.2 Å². The van der Waals surface area contributed by atoms with Gasteiger partial charge in [-0.05, 0) is 59.6 Å². The number of nitrogens with two attached hydrogens (primary N) is 1. The number of hydrogen-bond donors (Lipinski definition) is 3. The number of nitrogens with zero attached hydrogens (tertiary/aromatic N) is 3. The van der Waals surface area contributed by atoms with E-state index in [1.807, 2.05) is 60.7 Å². The average Bonchev–Trinajstić information content (AvgIpc) is 3.21. The lowest BCUT2D eigenvalue weighted by molar-refractivity contribution is 0.282. The number of hydrogen-bond acceptors (Lipinski definition) is 6. The van der Waals surface area contributed by atoms with Crippen LogP contribution in [-0.2, 0) is 6.61 Å². The molecule has 35 heavy (non-hydrogen) atoms. The highest BCUT2D eigenvalue weighted by Gasteiger charge is 2.36. The van der Waals surface area contributed by atoms with Gasteiger partial charge in [0.15, 0.2) is 5.84 Å². The van der Waals surface area contributed by atoms with Crippen LogP contribution in [0.15, 0.2) is 70.8 Å². The van der Waals surface area contributed by atoms with Crippen molar-refractivity contribution >= 4 is 45.7 Å². The summed E-state index contributed by atoms with van der Waals surface area (Å²) in [6.07, 6.45) is 0. The first-order valence-corrected chi connectivity index (χ1v) is 12.9. The fraction of sp³-hybridized carbons (Fsp3) is 0.231. The minimum Gasteiger partial charge on any atom is -0.392 e. The molecule has 0 aliphatic carbocycles. The number of amidine groups is 1. The van der Waals surface area contributed by atoms with E-state index >= 15 is 0 Å². The summed E-state index contributed by atoms with van der Waals surface area (Å²) in [6.45, 7) is 1.47. The van der Waals surface area contributed by atoms with Crippen molar-refractivity contribution in [3.8, 4) is 11.1 Å². The molecule has 0 radical (unpaired) electrons. The molecule has 2 aliphatic rings. The van der Waals surface area contributed by atoms with Gasteiger partial charge in [0.2, 0.25) is 0 Å². The summed E-state index contributed by atoms with van der Waals surface area (Å²) in [5.41, 5.74) is 3.62. The summed E-state index contributed by atoms with van der Waals surface area (Å²) in [5, 5.41) is 20.7. The molecule has 0 saturated carbocycles. The van der Waals surface area contributed by atoms with E-state index in [9.17, 15) is 5.11 Å². The fourth-order valence-electron chi connectivity index (χ4n) is 4.66. The molecular formula is C26H25Cl2N5OS. The van der Waals surface area contributed by atoms with Gasteiger partial charge in [0.1, 0.15) is 0 Å². The van der Waals surface area contributed by atoms with Crippen molar-refractivity contribution in [3.63, 3.8) is 0 Å². The number of aliphatic hydroxyl groups excluding tert-OH is 1. The number of fused-ring (bicyclic) bond motifs is 1. The summed E-state index contributed by atoms with van der Waals surface area (Å²) < 4.78 is 0. The Hall–Kier alpha value is -2.39. The lowest BCUT2D eigenvalue weighted by Gasteiger charge is -2.27. The Labute approximate surface area is 218 Å². The Morgan fingerprint density at radius 2 is 1.91 bits per heavy atom. The summed E-state index contributed by atoms with van der Waals surface area (Å²) in [5.74, 6) is 6.50. The van der Waals surface area contributed by atoms with Gasteiger partial charge in [-0.1, -0.05) is 53.5 Å². The Kier molecular flexibility index (Phi) is 7.16. The molecule has 2 atom stereocenters. The molecule has 1 saturated heterocycles. The molecule has 6 nitrogen and oxygen atoms in total. The molecule has 1 fully saturated rings. The first-order chi connectivity index (χ1) is 17.0. The minimum absolute atomic E-state index is 0.114. The van der Waals surface area contributed by atoms with Crippen molar-refractivity contribution in [2.45, 2.75) is 17.9 Å². The van der Waals surface area contributed by atoms with Gasteiger partial charge in [0, 0.05) is 39.4 Å². The third kappa shape index (κ3) is 4.72. The first-order valence-electron chi connectivity index (χ1n) is 11.2. The van der Waals surface area contributed by atoms with E-state index in [2.05, 4.69) is 22.4 Å². The van der Waals surface area contributed by atoms with E-state index in [0.717, 1.165) is 50.9 Å². The zero-order valence-corrected chi connectivity index (χ0v) is 21.4. The second kappa shape index (κ2) is 10.3. The molecule has 0 spiro atoms. The van der Waals surface area contributed by atoms with Gasteiger partial charge in [-0.2, -0.15) is 5.10 Å². The second-order valence-electron chi connectivity index (χ2n) is 8.57. The Balaban J connectivity index is 1.89. The van der Waals surface area contributed by atoms with E-state index in [-0.39, 0.29) is 17.9 Å². The summed E-state index contributed by atoms with van der Waals surface area (Å²) >= 11 is 14.3. The molecule has 3 aromatic carbocycles. The van der Waals surface area contributed by atoms with Crippen molar-refractivity contribution in [3.05, 3.63) is 92.4 Å². The molecule has 2 heterocycles. The van der Waals surface area contributed by atoms with Crippen molar-refractivity contribution in [1.82, 2.24) is 10.2 Å². The van der Waals surface area contributed by atoms with E-state index in [0.29, 0.717) is 15.9 Å². The van der Waals surface area contributed by atoms with Gasteiger partial charge in [-0.15, -0.1) is 11.8 Å². The van der Waals surface area contributed by atoms with Crippen molar-refractivity contribution < 1.29 is 5.11 Å². The van der Waals surface area contributed by atoms with Crippen LogP contribution in [0.3, 0.4) is 0 Å². The number of rotatable bonds is 4. The Morgan fingerprint density at radius 3 is 2.57 bits per heavy atom. The first kappa shape index (κ1) is 24.3. The zero-order chi connectivity index (χ0) is 24.5. The Bertz CT molecular complexity index is 1410. The molecule has 9 heteroatoms. The summed E-state index contributed by atoms with van der Waals surface area (Å²) in [4.78, 5) is 8.25. The molecule has 0 bridgehead atoms. The van der Waals surface area contributed by atoms with Crippen LogP contribution < -0.4 is 21.7 Å². The van der Waals surface area contributed by atoms with Crippen molar-refractivity contribution in [2.24, 2.45) is 15.9 Å². The van der Waals surface area contributed by atoms with Crippen LogP contribution >= 0.6 is 35.0 Å². The van der Waals surface area contributed by atoms with Gasteiger partial charge in [0.25, 0.3) is 0 Å². The van der Waals surface area contributed by atoms with E-state index in [1.54, 1.807) is 11.8 Å². The van der Waals surface area contributed by atoms with Crippen LogP contribution in [0.5, 0.6) is 0 Å². The van der Waals surface area contributed by atoms with Crippen LogP contribution in [0, 0.1) is 0 Å². The molecule has 0 amide bonds. The molecule has 0 aromatic heterocycles. The SMILES string of the molecule is CN1CNCC1C1SC(c2cccc(Cl)c2)=c2c(-c3ccc(Cl)cc3)c(CO)ccc2=NC1=NN. The van der Waals surface area contributed by atoms with Crippen molar-refractivity contribution in [1.29, 1.82) is 0 Å². The van der Waals surface area contributed by atoms with Crippen molar-refractivity contribution in [2.75, 3.05) is 20.3 Å². The maximum Gasteiger partial charge on any atom is 0.163 e.